The van der Waals surface area contributed by atoms with Gasteiger partial charge in [0, 0.05) is 25.8 Å². The first-order valence-electron chi connectivity index (χ1n) is 5.69. The fourth-order valence-electron chi connectivity index (χ4n) is 1.51. The van der Waals surface area contributed by atoms with Crippen molar-refractivity contribution in [1.82, 2.24) is 4.98 Å². The number of ether oxygens (including phenoxy) is 1. The van der Waals surface area contributed by atoms with Gasteiger partial charge in [0.2, 0.25) is 0 Å². The predicted octanol–water partition coefficient (Wildman–Crippen LogP) is 1.65. The van der Waals surface area contributed by atoms with E-state index in [-0.39, 0.29) is 6.04 Å². The maximum Gasteiger partial charge on any atom is 0.171 e. The SMILES string of the molecule is CCCOc1cccnc1N(C)CC(C)N. The Labute approximate surface area is 97.4 Å². The molecule has 0 saturated carbocycles. The highest BCUT2D eigenvalue weighted by atomic mass is 16.5. The molecule has 0 aliphatic carbocycles. The summed E-state index contributed by atoms with van der Waals surface area (Å²) >= 11 is 0. The number of rotatable bonds is 6. The Hall–Kier alpha value is -1.29. The van der Waals surface area contributed by atoms with Crippen LogP contribution in [0.1, 0.15) is 20.3 Å². The van der Waals surface area contributed by atoms with Gasteiger partial charge in [0.05, 0.1) is 6.61 Å². The molecule has 0 fully saturated rings. The van der Waals surface area contributed by atoms with Crippen molar-refractivity contribution in [3.63, 3.8) is 0 Å². The van der Waals surface area contributed by atoms with Crippen molar-refractivity contribution in [3.8, 4) is 5.75 Å². The standard InChI is InChI=1S/C12H21N3O/c1-4-8-16-11-6-5-7-14-12(11)15(3)9-10(2)13/h5-7,10H,4,8-9,13H2,1-3H3. The van der Waals surface area contributed by atoms with Crippen LogP contribution in [-0.4, -0.2) is 31.2 Å². The van der Waals surface area contributed by atoms with Gasteiger partial charge >= 0.3 is 0 Å². The van der Waals surface area contributed by atoms with Gasteiger partial charge in [-0.15, -0.1) is 0 Å². The second-order valence-corrected chi connectivity index (χ2v) is 4.03. The van der Waals surface area contributed by atoms with Crippen LogP contribution < -0.4 is 15.4 Å². The zero-order chi connectivity index (χ0) is 12.0. The van der Waals surface area contributed by atoms with Gasteiger partial charge in [0.15, 0.2) is 11.6 Å². The molecule has 1 aromatic rings. The van der Waals surface area contributed by atoms with Crippen LogP contribution in [0.25, 0.3) is 0 Å². The van der Waals surface area contributed by atoms with E-state index in [0.717, 1.165) is 24.5 Å². The summed E-state index contributed by atoms with van der Waals surface area (Å²) in [6, 6.07) is 3.94. The van der Waals surface area contributed by atoms with Crippen LogP contribution in [-0.2, 0) is 0 Å². The normalized spacial score (nSPS) is 12.2. The molecule has 16 heavy (non-hydrogen) atoms. The van der Waals surface area contributed by atoms with Crippen LogP contribution in [0.4, 0.5) is 5.82 Å². The fraction of sp³-hybridized carbons (Fsp3) is 0.583. The quantitative estimate of drug-likeness (QED) is 0.796. The van der Waals surface area contributed by atoms with E-state index >= 15 is 0 Å². The average Bonchev–Trinajstić information content (AvgIpc) is 2.25. The van der Waals surface area contributed by atoms with Crippen LogP contribution in [0.2, 0.25) is 0 Å². The molecular weight excluding hydrogens is 202 g/mol. The van der Waals surface area contributed by atoms with Gasteiger partial charge in [0.25, 0.3) is 0 Å². The zero-order valence-electron chi connectivity index (χ0n) is 10.3. The van der Waals surface area contributed by atoms with E-state index in [1.807, 2.05) is 31.0 Å². The average molecular weight is 223 g/mol. The van der Waals surface area contributed by atoms with Crippen molar-refractivity contribution in [3.05, 3.63) is 18.3 Å². The minimum absolute atomic E-state index is 0.117. The topological polar surface area (TPSA) is 51.4 Å². The molecule has 1 rings (SSSR count). The molecule has 1 aromatic heterocycles. The lowest BCUT2D eigenvalue weighted by molar-refractivity contribution is 0.316. The van der Waals surface area contributed by atoms with Crippen LogP contribution in [0, 0.1) is 0 Å². The molecule has 4 heteroatoms. The number of pyridine rings is 1. The van der Waals surface area contributed by atoms with Gasteiger partial charge in [-0.25, -0.2) is 4.98 Å². The third kappa shape index (κ3) is 3.70. The highest BCUT2D eigenvalue weighted by molar-refractivity contribution is 5.51. The molecule has 0 aliphatic rings. The number of aromatic nitrogens is 1. The summed E-state index contributed by atoms with van der Waals surface area (Å²) in [6.45, 7) is 5.54. The van der Waals surface area contributed by atoms with Crippen molar-refractivity contribution in [1.29, 1.82) is 0 Å². The van der Waals surface area contributed by atoms with Crippen molar-refractivity contribution >= 4 is 5.82 Å². The molecule has 90 valence electrons. The summed E-state index contributed by atoms with van der Waals surface area (Å²) in [5.74, 6) is 1.68. The maximum atomic E-state index is 5.77. The van der Waals surface area contributed by atoms with Crippen LogP contribution in [0.3, 0.4) is 0 Å². The molecule has 2 N–H and O–H groups in total. The van der Waals surface area contributed by atoms with Crippen LogP contribution in [0.5, 0.6) is 5.75 Å². The summed E-state index contributed by atoms with van der Waals surface area (Å²) in [5, 5.41) is 0. The Bertz CT molecular complexity index is 315. The van der Waals surface area contributed by atoms with Crippen LogP contribution >= 0.6 is 0 Å². The van der Waals surface area contributed by atoms with E-state index < -0.39 is 0 Å². The van der Waals surface area contributed by atoms with Crippen molar-refractivity contribution in [2.24, 2.45) is 5.73 Å². The lowest BCUT2D eigenvalue weighted by Crippen LogP contribution is -2.33. The molecule has 0 aromatic carbocycles. The predicted molar refractivity (Wildman–Crippen MR) is 66.9 cm³/mol. The first kappa shape index (κ1) is 12.8. The Morgan fingerprint density at radius 3 is 2.94 bits per heavy atom. The Balaban J connectivity index is 2.76. The molecule has 0 saturated heterocycles. The van der Waals surface area contributed by atoms with Crippen molar-refractivity contribution in [2.45, 2.75) is 26.3 Å². The maximum absolute atomic E-state index is 5.77. The van der Waals surface area contributed by atoms with Crippen molar-refractivity contribution in [2.75, 3.05) is 25.1 Å². The Morgan fingerprint density at radius 1 is 1.56 bits per heavy atom. The molecule has 0 spiro atoms. The first-order chi connectivity index (χ1) is 7.65. The molecule has 0 aliphatic heterocycles. The summed E-state index contributed by atoms with van der Waals surface area (Å²) < 4.78 is 5.64. The molecule has 0 amide bonds. The number of nitrogens with zero attached hydrogens (tertiary/aromatic N) is 2. The van der Waals surface area contributed by atoms with Gasteiger partial charge in [-0.1, -0.05) is 6.92 Å². The van der Waals surface area contributed by atoms with E-state index in [9.17, 15) is 0 Å². The lowest BCUT2D eigenvalue weighted by Gasteiger charge is -2.22. The molecule has 1 atom stereocenters. The van der Waals surface area contributed by atoms with Gasteiger partial charge in [-0.3, -0.25) is 0 Å². The van der Waals surface area contributed by atoms with E-state index in [4.69, 9.17) is 10.5 Å². The highest BCUT2D eigenvalue weighted by Crippen LogP contribution is 2.24. The second-order valence-electron chi connectivity index (χ2n) is 4.03. The summed E-state index contributed by atoms with van der Waals surface area (Å²) in [7, 11) is 1.98. The highest BCUT2D eigenvalue weighted by Gasteiger charge is 2.10. The third-order valence-electron chi connectivity index (χ3n) is 2.14. The number of nitrogens with two attached hydrogens (primary N) is 1. The first-order valence-corrected chi connectivity index (χ1v) is 5.69. The number of likely N-dealkylation sites (N-methyl/N-ethyl adjacent to an activating group) is 1. The largest absolute Gasteiger partial charge is 0.490 e. The van der Waals surface area contributed by atoms with Crippen molar-refractivity contribution < 1.29 is 4.74 Å². The van der Waals surface area contributed by atoms with E-state index in [1.165, 1.54) is 0 Å². The van der Waals surface area contributed by atoms with Gasteiger partial charge in [-0.05, 0) is 25.5 Å². The van der Waals surface area contributed by atoms with Gasteiger partial charge in [-0.2, -0.15) is 0 Å². The Morgan fingerprint density at radius 2 is 2.31 bits per heavy atom. The summed E-state index contributed by atoms with van der Waals surface area (Å²) in [4.78, 5) is 6.35. The fourth-order valence-corrected chi connectivity index (χ4v) is 1.51. The lowest BCUT2D eigenvalue weighted by atomic mass is 10.3. The monoisotopic (exact) mass is 223 g/mol. The molecule has 0 radical (unpaired) electrons. The molecule has 1 unspecified atom stereocenters. The number of hydrogen-bond donors (Lipinski definition) is 1. The molecule has 1 heterocycles. The van der Waals surface area contributed by atoms with Crippen LogP contribution in [0.15, 0.2) is 18.3 Å². The molecular formula is C12H21N3O. The van der Waals surface area contributed by atoms with E-state index in [1.54, 1.807) is 6.20 Å². The second kappa shape index (κ2) is 6.33. The smallest absolute Gasteiger partial charge is 0.171 e. The number of hydrogen-bond acceptors (Lipinski definition) is 4. The zero-order valence-corrected chi connectivity index (χ0v) is 10.3. The van der Waals surface area contributed by atoms with E-state index in [0.29, 0.717) is 6.61 Å². The van der Waals surface area contributed by atoms with Gasteiger partial charge in [0.1, 0.15) is 0 Å². The third-order valence-corrected chi connectivity index (χ3v) is 2.14. The minimum atomic E-state index is 0.117. The van der Waals surface area contributed by atoms with Gasteiger partial charge < -0.3 is 15.4 Å². The molecule has 4 nitrogen and oxygen atoms in total. The molecule has 0 bridgehead atoms. The minimum Gasteiger partial charge on any atom is -0.490 e. The Kier molecular flexibility index (Phi) is 5.05. The summed E-state index contributed by atoms with van der Waals surface area (Å²) in [6.07, 6.45) is 2.76. The summed E-state index contributed by atoms with van der Waals surface area (Å²) in [5.41, 5.74) is 5.77. The van der Waals surface area contributed by atoms with E-state index in [2.05, 4.69) is 11.9 Å². The number of anilines is 1.